The summed E-state index contributed by atoms with van der Waals surface area (Å²) in [4.78, 5) is 2.19. The maximum Gasteiger partial charge on any atom is 0.230 e. The molecule has 1 aromatic carbocycles. The van der Waals surface area contributed by atoms with E-state index >= 15 is 0 Å². The predicted molar refractivity (Wildman–Crippen MR) is 84.0 cm³/mol. The molecule has 0 atom stereocenters. The van der Waals surface area contributed by atoms with Crippen molar-refractivity contribution in [3.63, 3.8) is 0 Å². The van der Waals surface area contributed by atoms with Crippen LogP contribution in [0.1, 0.15) is 11.8 Å². The summed E-state index contributed by atoms with van der Waals surface area (Å²) in [5.74, 6) is -0.227. The zero-order valence-electron chi connectivity index (χ0n) is 11.2. The second kappa shape index (κ2) is 5.50. The molecule has 6 heteroatoms. The van der Waals surface area contributed by atoms with Crippen LogP contribution in [0.2, 0.25) is 5.02 Å². The van der Waals surface area contributed by atoms with E-state index in [1.54, 1.807) is 17.4 Å². The van der Waals surface area contributed by atoms with Crippen LogP contribution in [0.4, 0.5) is 10.3 Å². The first-order chi connectivity index (χ1) is 10.1. The van der Waals surface area contributed by atoms with E-state index in [0.717, 1.165) is 11.3 Å². The van der Waals surface area contributed by atoms with Crippen LogP contribution < -0.4 is 5.73 Å². The Kier molecular flexibility index (Phi) is 3.69. The molecular formula is C15H12ClFN2OS. The van der Waals surface area contributed by atoms with E-state index < -0.39 is 5.82 Å². The number of anilines is 1. The van der Waals surface area contributed by atoms with Gasteiger partial charge in [0.1, 0.15) is 11.5 Å². The molecule has 0 unspecified atom stereocenters. The monoisotopic (exact) mass is 322 g/mol. The molecule has 3 nitrogen and oxygen atoms in total. The van der Waals surface area contributed by atoms with Gasteiger partial charge in [0, 0.05) is 10.4 Å². The highest BCUT2D eigenvalue weighted by Crippen LogP contribution is 2.41. The molecule has 0 saturated heterocycles. The van der Waals surface area contributed by atoms with Crippen molar-refractivity contribution in [2.45, 2.75) is 13.3 Å². The SMILES string of the molecule is CCc1ccc(-c2noc(N)c2-c2ccc(F)cc2Cl)s1. The maximum atomic E-state index is 13.2. The third-order valence-electron chi connectivity index (χ3n) is 3.16. The molecule has 2 N–H and O–H groups in total. The Balaban J connectivity index is 2.17. The van der Waals surface area contributed by atoms with Gasteiger partial charge in [0.2, 0.25) is 5.88 Å². The number of nitrogen functional groups attached to an aromatic ring is 1. The third-order valence-corrected chi connectivity index (χ3v) is 4.71. The minimum absolute atomic E-state index is 0.171. The summed E-state index contributed by atoms with van der Waals surface area (Å²) in [6, 6.07) is 8.18. The van der Waals surface area contributed by atoms with Gasteiger partial charge in [0.25, 0.3) is 0 Å². The Morgan fingerprint density at radius 2 is 2.14 bits per heavy atom. The van der Waals surface area contributed by atoms with Gasteiger partial charge < -0.3 is 10.3 Å². The first-order valence-corrected chi connectivity index (χ1v) is 7.59. The minimum Gasteiger partial charge on any atom is -0.367 e. The lowest BCUT2D eigenvalue weighted by atomic mass is 10.0. The lowest BCUT2D eigenvalue weighted by Crippen LogP contribution is -1.88. The van der Waals surface area contributed by atoms with Crippen LogP contribution in [0.15, 0.2) is 34.9 Å². The van der Waals surface area contributed by atoms with Crippen molar-refractivity contribution in [1.29, 1.82) is 0 Å². The summed E-state index contributed by atoms with van der Waals surface area (Å²) in [7, 11) is 0. The van der Waals surface area contributed by atoms with Crippen molar-refractivity contribution in [2.75, 3.05) is 5.73 Å². The Hall–Kier alpha value is -1.85. The van der Waals surface area contributed by atoms with Crippen molar-refractivity contribution >= 4 is 28.8 Å². The molecule has 3 aromatic rings. The molecular weight excluding hydrogens is 311 g/mol. The van der Waals surface area contributed by atoms with E-state index in [9.17, 15) is 4.39 Å². The van der Waals surface area contributed by atoms with Gasteiger partial charge in [-0.1, -0.05) is 23.7 Å². The summed E-state index contributed by atoms with van der Waals surface area (Å²) in [6.07, 6.45) is 0.949. The fourth-order valence-electron chi connectivity index (χ4n) is 2.12. The van der Waals surface area contributed by atoms with Gasteiger partial charge >= 0.3 is 0 Å². The fraction of sp³-hybridized carbons (Fsp3) is 0.133. The molecule has 0 fully saturated rings. The number of nitrogens with two attached hydrogens (primary N) is 1. The Labute approximate surface area is 130 Å². The number of nitrogens with zero attached hydrogens (tertiary/aromatic N) is 1. The molecule has 0 saturated carbocycles. The molecule has 2 heterocycles. The van der Waals surface area contributed by atoms with Crippen LogP contribution in [0.5, 0.6) is 0 Å². The Bertz CT molecular complexity index is 797. The average molecular weight is 323 g/mol. The van der Waals surface area contributed by atoms with Crippen molar-refractivity contribution < 1.29 is 8.91 Å². The lowest BCUT2D eigenvalue weighted by molar-refractivity contribution is 0.439. The molecule has 0 aliphatic rings. The third kappa shape index (κ3) is 2.54. The van der Waals surface area contributed by atoms with Crippen LogP contribution >= 0.6 is 22.9 Å². The van der Waals surface area contributed by atoms with E-state index in [-0.39, 0.29) is 10.9 Å². The van der Waals surface area contributed by atoms with Gasteiger partial charge in [0.05, 0.1) is 15.5 Å². The molecule has 0 aliphatic carbocycles. The highest BCUT2D eigenvalue weighted by atomic mass is 35.5. The molecule has 2 aromatic heterocycles. The standard InChI is InChI=1S/C15H12ClFN2OS/c1-2-9-4-6-12(21-9)14-13(15(18)20-19-14)10-5-3-8(17)7-11(10)16/h3-7H,2,18H2,1H3. The van der Waals surface area contributed by atoms with Gasteiger partial charge in [0.15, 0.2) is 0 Å². The number of rotatable bonds is 3. The van der Waals surface area contributed by atoms with Crippen LogP contribution in [0, 0.1) is 5.82 Å². The van der Waals surface area contributed by atoms with E-state index in [1.165, 1.54) is 17.0 Å². The minimum atomic E-state index is -0.398. The summed E-state index contributed by atoms with van der Waals surface area (Å²) < 4.78 is 18.3. The molecule has 0 aliphatic heterocycles. The Morgan fingerprint density at radius 1 is 1.33 bits per heavy atom. The average Bonchev–Trinajstić information content (AvgIpc) is 3.06. The largest absolute Gasteiger partial charge is 0.367 e. The van der Waals surface area contributed by atoms with Gasteiger partial charge in [-0.3, -0.25) is 0 Å². The molecule has 3 rings (SSSR count). The van der Waals surface area contributed by atoms with E-state index in [1.807, 2.05) is 12.1 Å². The molecule has 0 spiro atoms. The smallest absolute Gasteiger partial charge is 0.230 e. The van der Waals surface area contributed by atoms with Crippen molar-refractivity contribution in [3.8, 4) is 21.7 Å². The summed E-state index contributed by atoms with van der Waals surface area (Å²) in [6.45, 7) is 2.09. The highest BCUT2D eigenvalue weighted by molar-refractivity contribution is 7.15. The van der Waals surface area contributed by atoms with E-state index in [2.05, 4.69) is 12.1 Å². The van der Waals surface area contributed by atoms with Crippen LogP contribution in [0.25, 0.3) is 21.7 Å². The number of thiophene rings is 1. The fourth-order valence-corrected chi connectivity index (χ4v) is 3.32. The van der Waals surface area contributed by atoms with Gasteiger partial charge in [-0.25, -0.2) is 4.39 Å². The number of aryl methyl sites for hydroxylation is 1. The Morgan fingerprint density at radius 3 is 2.81 bits per heavy atom. The molecule has 108 valence electrons. The maximum absolute atomic E-state index is 13.2. The topological polar surface area (TPSA) is 52.0 Å². The van der Waals surface area contributed by atoms with Gasteiger partial charge in [-0.15, -0.1) is 11.3 Å². The first kappa shape index (κ1) is 14.1. The van der Waals surface area contributed by atoms with Gasteiger partial charge in [-0.2, -0.15) is 0 Å². The number of hydrogen-bond donors (Lipinski definition) is 1. The number of benzene rings is 1. The normalized spacial score (nSPS) is 11.0. The number of halogens is 2. The number of hydrogen-bond acceptors (Lipinski definition) is 4. The molecule has 0 amide bonds. The predicted octanol–water partition coefficient (Wildman–Crippen LogP) is 5.01. The summed E-state index contributed by atoms with van der Waals surface area (Å²) in [5.41, 5.74) is 7.72. The van der Waals surface area contributed by atoms with Gasteiger partial charge in [-0.05, 0) is 36.8 Å². The zero-order chi connectivity index (χ0) is 15.0. The molecule has 0 bridgehead atoms. The summed E-state index contributed by atoms with van der Waals surface area (Å²) in [5, 5.41) is 4.31. The molecule has 0 radical (unpaired) electrons. The number of aromatic nitrogens is 1. The van der Waals surface area contributed by atoms with Crippen LogP contribution in [-0.2, 0) is 6.42 Å². The van der Waals surface area contributed by atoms with Crippen molar-refractivity contribution in [3.05, 3.63) is 46.0 Å². The van der Waals surface area contributed by atoms with Crippen LogP contribution in [-0.4, -0.2) is 5.16 Å². The zero-order valence-corrected chi connectivity index (χ0v) is 12.8. The lowest BCUT2D eigenvalue weighted by Gasteiger charge is -2.04. The second-order valence-electron chi connectivity index (χ2n) is 4.51. The summed E-state index contributed by atoms with van der Waals surface area (Å²) >= 11 is 7.75. The highest BCUT2D eigenvalue weighted by Gasteiger charge is 2.21. The van der Waals surface area contributed by atoms with E-state index in [0.29, 0.717) is 16.8 Å². The van der Waals surface area contributed by atoms with Crippen molar-refractivity contribution in [1.82, 2.24) is 5.16 Å². The quantitative estimate of drug-likeness (QED) is 0.737. The first-order valence-electron chi connectivity index (χ1n) is 6.39. The molecule has 21 heavy (non-hydrogen) atoms. The second-order valence-corrected chi connectivity index (χ2v) is 6.09. The van der Waals surface area contributed by atoms with E-state index in [4.69, 9.17) is 21.9 Å². The van der Waals surface area contributed by atoms with Crippen LogP contribution in [0.3, 0.4) is 0 Å². The van der Waals surface area contributed by atoms with Crippen molar-refractivity contribution in [2.24, 2.45) is 0 Å².